The largest absolute Gasteiger partial charge is 0.314 e. The molecule has 1 N–H and O–H groups in total. The van der Waals surface area contributed by atoms with Crippen LogP contribution in [0.25, 0.3) is 0 Å². The fraction of sp³-hybridized carbons (Fsp3) is 0.368. The quantitative estimate of drug-likeness (QED) is 0.784. The van der Waals surface area contributed by atoms with Crippen molar-refractivity contribution in [1.29, 1.82) is 0 Å². The van der Waals surface area contributed by atoms with Crippen molar-refractivity contribution in [3.63, 3.8) is 0 Å². The molecule has 1 atom stereocenters. The molecule has 1 nitrogen and oxygen atoms in total. The van der Waals surface area contributed by atoms with Gasteiger partial charge in [0.15, 0.2) is 0 Å². The van der Waals surface area contributed by atoms with E-state index >= 15 is 0 Å². The number of halogens is 1. The summed E-state index contributed by atoms with van der Waals surface area (Å²) in [6.45, 7) is 5.32. The minimum absolute atomic E-state index is 0.419. The van der Waals surface area contributed by atoms with Gasteiger partial charge in [0.25, 0.3) is 0 Å². The second kappa shape index (κ2) is 8.21. The third kappa shape index (κ3) is 4.87. The van der Waals surface area contributed by atoms with Crippen molar-refractivity contribution >= 4 is 11.6 Å². The van der Waals surface area contributed by atoms with Crippen molar-refractivity contribution in [1.82, 2.24) is 5.32 Å². The Kier molecular flexibility index (Phi) is 6.28. The molecular formula is C19H24ClN. The number of rotatable bonds is 7. The number of likely N-dealkylation sites (N-methyl/N-ethyl adjacent to an activating group) is 1. The van der Waals surface area contributed by atoms with Crippen LogP contribution in [-0.4, -0.2) is 12.6 Å². The molecule has 0 spiro atoms. The van der Waals surface area contributed by atoms with E-state index in [-0.39, 0.29) is 0 Å². The van der Waals surface area contributed by atoms with Gasteiger partial charge in [0, 0.05) is 11.1 Å². The molecule has 0 saturated carbocycles. The van der Waals surface area contributed by atoms with Crippen molar-refractivity contribution in [3.05, 3.63) is 70.2 Å². The third-order valence-electron chi connectivity index (χ3n) is 3.83. The van der Waals surface area contributed by atoms with Crippen molar-refractivity contribution in [2.45, 2.75) is 39.2 Å². The van der Waals surface area contributed by atoms with Gasteiger partial charge in [-0.2, -0.15) is 0 Å². The Bertz CT molecular complexity index is 548. The zero-order valence-corrected chi connectivity index (χ0v) is 13.7. The maximum atomic E-state index is 6.28. The van der Waals surface area contributed by atoms with Crippen molar-refractivity contribution in [2.24, 2.45) is 0 Å². The molecule has 0 aliphatic rings. The highest BCUT2D eigenvalue weighted by molar-refractivity contribution is 6.31. The minimum Gasteiger partial charge on any atom is -0.314 e. The maximum absolute atomic E-state index is 6.28. The highest BCUT2D eigenvalue weighted by Gasteiger charge is 2.11. The number of hydrogen-bond acceptors (Lipinski definition) is 1. The SMILES string of the molecule is CCNC(Cc1ccc(CC)cc1)Cc1ccccc1Cl. The standard InChI is InChI=1S/C19H24ClN/c1-3-15-9-11-16(12-10-15)13-18(21-4-2)14-17-7-5-6-8-19(17)20/h5-12,18,21H,3-4,13-14H2,1-2H3. The molecule has 21 heavy (non-hydrogen) atoms. The summed E-state index contributed by atoms with van der Waals surface area (Å²) >= 11 is 6.28. The maximum Gasteiger partial charge on any atom is 0.0438 e. The van der Waals surface area contributed by atoms with Crippen LogP contribution in [0.3, 0.4) is 0 Å². The van der Waals surface area contributed by atoms with Gasteiger partial charge in [-0.25, -0.2) is 0 Å². The molecule has 2 rings (SSSR count). The Balaban J connectivity index is 2.06. The van der Waals surface area contributed by atoms with E-state index in [9.17, 15) is 0 Å². The average molecular weight is 302 g/mol. The smallest absolute Gasteiger partial charge is 0.0438 e. The van der Waals surface area contributed by atoms with Gasteiger partial charge in [0.2, 0.25) is 0 Å². The molecule has 0 aliphatic carbocycles. The first kappa shape index (κ1) is 16.1. The van der Waals surface area contributed by atoms with Crippen LogP contribution in [0.4, 0.5) is 0 Å². The summed E-state index contributed by atoms with van der Waals surface area (Å²) in [6, 6.07) is 17.5. The molecule has 112 valence electrons. The predicted octanol–water partition coefficient (Wildman–Crippen LogP) is 4.67. The van der Waals surface area contributed by atoms with Crippen LogP contribution in [0.15, 0.2) is 48.5 Å². The number of benzene rings is 2. The van der Waals surface area contributed by atoms with Gasteiger partial charge in [0.1, 0.15) is 0 Å². The van der Waals surface area contributed by atoms with Crippen molar-refractivity contribution in [3.8, 4) is 0 Å². The third-order valence-corrected chi connectivity index (χ3v) is 4.20. The van der Waals surface area contributed by atoms with Crippen molar-refractivity contribution in [2.75, 3.05) is 6.54 Å². The second-order valence-electron chi connectivity index (χ2n) is 5.42. The number of aryl methyl sites for hydroxylation is 1. The Labute approximate surface area is 133 Å². The molecule has 0 saturated heterocycles. The summed E-state index contributed by atoms with van der Waals surface area (Å²) in [5, 5.41) is 4.44. The molecular weight excluding hydrogens is 278 g/mol. The van der Waals surface area contributed by atoms with Gasteiger partial charge in [-0.15, -0.1) is 0 Å². The predicted molar refractivity (Wildman–Crippen MR) is 92.1 cm³/mol. The first-order valence-corrected chi connectivity index (χ1v) is 8.15. The topological polar surface area (TPSA) is 12.0 Å². The number of hydrogen-bond donors (Lipinski definition) is 1. The van der Waals surface area contributed by atoms with E-state index in [1.54, 1.807) is 0 Å². The summed E-state index contributed by atoms with van der Waals surface area (Å²) in [4.78, 5) is 0. The fourth-order valence-corrected chi connectivity index (χ4v) is 2.84. The molecule has 0 aromatic heterocycles. The molecule has 0 radical (unpaired) electrons. The fourth-order valence-electron chi connectivity index (χ4n) is 2.63. The molecule has 0 fully saturated rings. The second-order valence-corrected chi connectivity index (χ2v) is 5.83. The summed E-state index contributed by atoms with van der Waals surface area (Å²) in [5.74, 6) is 0. The minimum atomic E-state index is 0.419. The molecule has 0 amide bonds. The lowest BCUT2D eigenvalue weighted by Crippen LogP contribution is -2.33. The van der Waals surface area contributed by atoms with Crippen LogP contribution >= 0.6 is 11.6 Å². The monoisotopic (exact) mass is 301 g/mol. The van der Waals surface area contributed by atoms with E-state index in [2.05, 4.69) is 55.6 Å². The van der Waals surface area contributed by atoms with Gasteiger partial charge in [0.05, 0.1) is 0 Å². The highest BCUT2D eigenvalue weighted by Crippen LogP contribution is 2.18. The van der Waals surface area contributed by atoms with E-state index in [1.807, 2.05) is 12.1 Å². The Morgan fingerprint density at radius 2 is 1.57 bits per heavy atom. The normalized spacial score (nSPS) is 12.3. The van der Waals surface area contributed by atoms with Gasteiger partial charge in [-0.05, 0) is 48.6 Å². The van der Waals surface area contributed by atoms with E-state index in [0.29, 0.717) is 6.04 Å². The lowest BCUT2D eigenvalue weighted by atomic mass is 9.98. The Morgan fingerprint density at radius 1 is 0.905 bits per heavy atom. The van der Waals surface area contributed by atoms with E-state index in [0.717, 1.165) is 30.8 Å². The molecule has 1 unspecified atom stereocenters. The Morgan fingerprint density at radius 3 is 2.19 bits per heavy atom. The summed E-state index contributed by atoms with van der Waals surface area (Å²) < 4.78 is 0. The molecule has 2 aromatic carbocycles. The summed E-state index contributed by atoms with van der Waals surface area (Å²) in [6.07, 6.45) is 3.09. The molecule has 0 aliphatic heterocycles. The van der Waals surface area contributed by atoms with E-state index in [1.165, 1.54) is 16.7 Å². The van der Waals surface area contributed by atoms with Gasteiger partial charge >= 0.3 is 0 Å². The van der Waals surface area contributed by atoms with Crippen LogP contribution < -0.4 is 5.32 Å². The van der Waals surface area contributed by atoms with Crippen molar-refractivity contribution < 1.29 is 0 Å². The van der Waals surface area contributed by atoms with Crippen LogP contribution in [0.1, 0.15) is 30.5 Å². The molecule has 0 heterocycles. The van der Waals surface area contributed by atoms with Gasteiger partial charge in [-0.1, -0.05) is 67.9 Å². The van der Waals surface area contributed by atoms with Crippen LogP contribution in [0.2, 0.25) is 5.02 Å². The molecule has 0 bridgehead atoms. The summed E-state index contributed by atoms with van der Waals surface area (Å²) in [5.41, 5.74) is 3.99. The van der Waals surface area contributed by atoms with Crippen LogP contribution in [0, 0.1) is 0 Å². The molecule has 2 heteroatoms. The van der Waals surface area contributed by atoms with Gasteiger partial charge in [-0.3, -0.25) is 0 Å². The van der Waals surface area contributed by atoms with Crippen LogP contribution in [-0.2, 0) is 19.3 Å². The van der Waals surface area contributed by atoms with E-state index < -0.39 is 0 Å². The lowest BCUT2D eigenvalue weighted by Gasteiger charge is -2.19. The lowest BCUT2D eigenvalue weighted by molar-refractivity contribution is 0.521. The van der Waals surface area contributed by atoms with Crippen LogP contribution in [0.5, 0.6) is 0 Å². The van der Waals surface area contributed by atoms with E-state index in [4.69, 9.17) is 11.6 Å². The first-order valence-electron chi connectivity index (χ1n) is 7.77. The highest BCUT2D eigenvalue weighted by atomic mass is 35.5. The number of nitrogens with one attached hydrogen (secondary N) is 1. The average Bonchev–Trinajstić information content (AvgIpc) is 2.50. The zero-order chi connectivity index (χ0) is 15.1. The Hall–Kier alpha value is -1.31. The first-order chi connectivity index (χ1) is 10.2. The van der Waals surface area contributed by atoms with Gasteiger partial charge < -0.3 is 5.32 Å². The zero-order valence-electron chi connectivity index (χ0n) is 12.9. The molecule has 2 aromatic rings. The summed E-state index contributed by atoms with van der Waals surface area (Å²) in [7, 11) is 0.